The summed E-state index contributed by atoms with van der Waals surface area (Å²) in [5, 5.41) is 10.9. The Kier molecular flexibility index (Phi) is 5.27. The fraction of sp³-hybridized carbons (Fsp3) is 0.200. The lowest BCUT2D eigenvalue weighted by molar-refractivity contribution is 0.102. The number of aromatic amines is 1. The minimum atomic E-state index is -0.195. The van der Waals surface area contributed by atoms with E-state index in [-0.39, 0.29) is 11.3 Å². The first-order valence-electron chi connectivity index (χ1n) is 9.97. The highest BCUT2D eigenvalue weighted by molar-refractivity contribution is 6.08. The third kappa shape index (κ3) is 4.35. The van der Waals surface area contributed by atoms with Gasteiger partial charge in [-0.15, -0.1) is 0 Å². The van der Waals surface area contributed by atoms with Crippen LogP contribution in [0.4, 0.5) is 5.82 Å². The molecule has 2 N–H and O–H groups in total. The molecule has 3 aromatic carbocycles. The lowest BCUT2D eigenvalue weighted by Crippen LogP contribution is -2.14. The maximum Gasteiger partial charge on any atom is 0.256 e. The summed E-state index contributed by atoms with van der Waals surface area (Å²) >= 11 is 0. The second-order valence-corrected chi connectivity index (χ2v) is 8.34. The van der Waals surface area contributed by atoms with Crippen LogP contribution in [0.25, 0.3) is 10.9 Å². The van der Waals surface area contributed by atoms with Crippen LogP contribution >= 0.6 is 0 Å². The van der Waals surface area contributed by atoms with Gasteiger partial charge in [0.05, 0.1) is 5.52 Å². The van der Waals surface area contributed by atoms with Gasteiger partial charge in [0.15, 0.2) is 5.82 Å². The average molecular weight is 399 g/mol. The molecule has 0 unspecified atom stereocenters. The van der Waals surface area contributed by atoms with Crippen molar-refractivity contribution in [3.05, 3.63) is 89.5 Å². The van der Waals surface area contributed by atoms with Gasteiger partial charge in [0.25, 0.3) is 5.91 Å². The van der Waals surface area contributed by atoms with Gasteiger partial charge >= 0.3 is 0 Å². The van der Waals surface area contributed by atoms with Gasteiger partial charge in [0.1, 0.15) is 12.4 Å². The fourth-order valence-corrected chi connectivity index (χ4v) is 3.22. The molecule has 0 fully saturated rings. The van der Waals surface area contributed by atoms with E-state index in [0.29, 0.717) is 18.0 Å². The van der Waals surface area contributed by atoms with Crippen molar-refractivity contribution in [3.8, 4) is 5.75 Å². The van der Waals surface area contributed by atoms with Crippen molar-refractivity contribution >= 4 is 22.6 Å². The first-order valence-corrected chi connectivity index (χ1v) is 9.97. The third-order valence-corrected chi connectivity index (χ3v) is 5.03. The first kappa shape index (κ1) is 19.7. The van der Waals surface area contributed by atoms with Gasteiger partial charge in [-0.3, -0.25) is 9.89 Å². The Morgan fingerprint density at radius 1 is 1.00 bits per heavy atom. The van der Waals surface area contributed by atoms with Crippen molar-refractivity contribution in [1.82, 2.24) is 10.2 Å². The molecule has 4 rings (SSSR count). The smallest absolute Gasteiger partial charge is 0.256 e. The predicted octanol–water partition coefficient (Wildman–Crippen LogP) is 5.69. The number of nitrogens with one attached hydrogen (secondary N) is 2. The minimum absolute atomic E-state index is 0.0452. The van der Waals surface area contributed by atoms with Crippen molar-refractivity contribution in [2.45, 2.75) is 32.8 Å². The minimum Gasteiger partial charge on any atom is -0.489 e. The summed E-state index contributed by atoms with van der Waals surface area (Å²) in [7, 11) is 0. The highest BCUT2D eigenvalue weighted by atomic mass is 16.5. The molecule has 1 aromatic heterocycles. The van der Waals surface area contributed by atoms with E-state index in [1.807, 2.05) is 72.8 Å². The number of carbonyl (C=O) groups is 1. The molecule has 5 heteroatoms. The molecule has 0 atom stereocenters. The zero-order valence-corrected chi connectivity index (χ0v) is 17.4. The van der Waals surface area contributed by atoms with Gasteiger partial charge in [-0.1, -0.05) is 63.2 Å². The number of ether oxygens (including phenoxy) is 1. The quantitative estimate of drug-likeness (QED) is 0.453. The molecule has 1 heterocycles. The van der Waals surface area contributed by atoms with E-state index in [2.05, 4.69) is 36.3 Å². The Bertz CT molecular complexity index is 1160. The topological polar surface area (TPSA) is 67.0 Å². The molecule has 5 nitrogen and oxygen atoms in total. The highest BCUT2D eigenvalue weighted by Crippen LogP contribution is 2.27. The van der Waals surface area contributed by atoms with E-state index in [1.165, 1.54) is 5.56 Å². The molecule has 0 aliphatic carbocycles. The lowest BCUT2D eigenvalue weighted by Gasteiger charge is -2.19. The van der Waals surface area contributed by atoms with Gasteiger partial charge in [-0.05, 0) is 46.9 Å². The first-order chi connectivity index (χ1) is 14.4. The Morgan fingerprint density at radius 3 is 2.43 bits per heavy atom. The van der Waals surface area contributed by atoms with E-state index in [4.69, 9.17) is 4.74 Å². The van der Waals surface area contributed by atoms with Crippen LogP contribution in [0.1, 0.15) is 42.3 Å². The number of anilines is 1. The number of rotatable bonds is 5. The molecule has 1 amide bonds. The maximum absolute atomic E-state index is 12.7. The molecule has 0 bridgehead atoms. The number of fused-ring (bicyclic) bond motifs is 1. The Morgan fingerprint density at radius 2 is 1.73 bits per heavy atom. The lowest BCUT2D eigenvalue weighted by atomic mass is 9.87. The summed E-state index contributed by atoms with van der Waals surface area (Å²) < 4.78 is 5.90. The van der Waals surface area contributed by atoms with Crippen LogP contribution in [0.15, 0.2) is 72.8 Å². The fourth-order valence-electron chi connectivity index (χ4n) is 3.22. The summed E-state index contributed by atoms with van der Waals surface area (Å²) in [4.78, 5) is 12.7. The third-order valence-electron chi connectivity index (χ3n) is 5.03. The van der Waals surface area contributed by atoms with Crippen molar-refractivity contribution in [1.29, 1.82) is 0 Å². The molecule has 4 aromatic rings. The van der Waals surface area contributed by atoms with Crippen LogP contribution in [-0.2, 0) is 12.0 Å². The van der Waals surface area contributed by atoms with Crippen molar-refractivity contribution in [2.24, 2.45) is 0 Å². The van der Waals surface area contributed by atoms with Gasteiger partial charge in [0, 0.05) is 10.9 Å². The highest BCUT2D eigenvalue weighted by Gasteiger charge is 2.16. The number of hydrogen-bond acceptors (Lipinski definition) is 3. The number of benzene rings is 3. The largest absolute Gasteiger partial charge is 0.489 e. The van der Waals surface area contributed by atoms with Crippen molar-refractivity contribution in [2.75, 3.05) is 5.32 Å². The molecule has 152 valence electrons. The van der Waals surface area contributed by atoms with Crippen LogP contribution < -0.4 is 10.1 Å². The number of hydrogen-bond donors (Lipinski definition) is 2. The van der Waals surface area contributed by atoms with E-state index < -0.39 is 0 Å². The molecule has 0 aliphatic heterocycles. The van der Waals surface area contributed by atoms with Gasteiger partial charge < -0.3 is 10.1 Å². The second-order valence-electron chi connectivity index (χ2n) is 8.34. The average Bonchev–Trinajstić information content (AvgIpc) is 3.14. The van der Waals surface area contributed by atoms with Gasteiger partial charge in [-0.25, -0.2) is 0 Å². The summed E-state index contributed by atoms with van der Waals surface area (Å²) in [6, 6.07) is 23.3. The number of nitrogens with zero attached hydrogens (tertiary/aromatic N) is 1. The molecule has 0 saturated heterocycles. The molecule has 0 radical (unpaired) electrons. The zero-order chi connectivity index (χ0) is 21.1. The Labute approximate surface area is 176 Å². The normalized spacial score (nSPS) is 11.4. The van der Waals surface area contributed by atoms with E-state index in [1.54, 1.807) is 0 Å². The van der Waals surface area contributed by atoms with Crippen molar-refractivity contribution < 1.29 is 9.53 Å². The number of H-pyrrole nitrogens is 1. The number of carbonyl (C=O) groups excluding carboxylic acids is 1. The second kappa shape index (κ2) is 8.03. The Hall–Kier alpha value is -3.60. The van der Waals surface area contributed by atoms with E-state index >= 15 is 0 Å². The molecular weight excluding hydrogens is 374 g/mol. The van der Waals surface area contributed by atoms with E-state index in [9.17, 15) is 4.79 Å². The van der Waals surface area contributed by atoms with Crippen molar-refractivity contribution in [3.63, 3.8) is 0 Å². The predicted molar refractivity (Wildman–Crippen MR) is 120 cm³/mol. The zero-order valence-electron chi connectivity index (χ0n) is 17.4. The maximum atomic E-state index is 12.7. The SMILES string of the molecule is CC(C)(C)c1ccc(C(=O)Nc2n[nH]c3ccc(OCc4ccccc4)cc23)cc1. The monoisotopic (exact) mass is 399 g/mol. The van der Waals surface area contributed by atoms with Gasteiger partial charge in [-0.2, -0.15) is 5.10 Å². The van der Waals surface area contributed by atoms with Gasteiger partial charge in [0.2, 0.25) is 0 Å². The summed E-state index contributed by atoms with van der Waals surface area (Å²) in [5.41, 5.74) is 3.75. The molecule has 30 heavy (non-hydrogen) atoms. The molecular formula is C25H25N3O2. The van der Waals surface area contributed by atoms with Crippen LogP contribution in [0.3, 0.4) is 0 Å². The van der Waals surface area contributed by atoms with Crippen LogP contribution in [0, 0.1) is 0 Å². The van der Waals surface area contributed by atoms with Crippen LogP contribution in [0.2, 0.25) is 0 Å². The standard InChI is InChI=1S/C25H25N3O2/c1-25(2,3)19-11-9-18(10-12-19)24(29)26-23-21-15-20(13-14-22(21)27-28-23)30-16-17-7-5-4-6-8-17/h4-15H,16H2,1-3H3,(H2,26,27,28,29). The summed E-state index contributed by atoms with van der Waals surface area (Å²) in [6.45, 7) is 6.92. The Balaban J connectivity index is 1.50. The molecule has 0 spiro atoms. The van der Waals surface area contributed by atoms with Crippen LogP contribution in [-0.4, -0.2) is 16.1 Å². The molecule has 0 aliphatic rings. The number of amides is 1. The number of aromatic nitrogens is 2. The summed E-state index contributed by atoms with van der Waals surface area (Å²) in [5.74, 6) is 1.01. The molecule has 0 saturated carbocycles. The van der Waals surface area contributed by atoms with Crippen LogP contribution in [0.5, 0.6) is 5.75 Å². The summed E-state index contributed by atoms with van der Waals surface area (Å²) in [6.07, 6.45) is 0. The van der Waals surface area contributed by atoms with E-state index in [0.717, 1.165) is 22.2 Å².